The minimum atomic E-state index is 0.312. The van der Waals surface area contributed by atoms with E-state index in [9.17, 15) is 0 Å². The summed E-state index contributed by atoms with van der Waals surface area (Å²) in [5.74, 6) is 0.800. The molecule has 0 heterocycles. The van der Waals surface area contributed by atoms with Crippen molar-refractivity contribution in [3.05, 3.63) is 35.4 Å². The van der Waals surface area contributed by atoms with Crippen LogP contribution in [0.4, 0.5) is 0 Å². The molecule has 0 spiro atoms. The molecule has 1 atom stereocenters. The van der Waals surface area contributed by atoms with Crippen molar-refractivity contribution in [3.63, 3.8) is 0 Å². The number of benzene rings is 1. The van der Waals surface area contributed by atoms with Gasteiger partial charge in [-0.25, -0.2) is 0 Å². The van der Waals surface area contributed by atoms with Gasteiger partial charge < -0.3 is 11.1 Å². The van der Waals surface area contributed by atoms with Crippen molar-refractivity contribution in [1.82, 2.24) is 5.32 Å². The van der Waals surface area contributed by atoms with Crippen LogP contribution in [0, 0.1) is 0 Å². The third kappa shape index (κ3) is 1.81. The Kier molecular flexibility index (Phi) is 2.85. The molecular formula is C12H18N2. The zero-order valence-electron chi connectivity index (χ0n) is 8.66. The fraction of sp³-hybridized carbons (Fsp3) is 0.500. The Morgan fingerprint density at radius 2 is 2.14 bits per heavy atom. The molecule has 1 aliphatic carbocycles. The molecule has 14 heavy (non-hydrogen) atoms. The average Bonchev–Trinajstić information content (AvgIpc) is 3.04. The van der Waals surface area contributed by atoms with Crippen molar-refractivity contribution >= 4 is 0 Å². The van der Waals surface area contributed by atoms with E-state index in [4.69, 9.17) is 5.73 Å². The summed E-state index contributed by atoms with van der Waals surface area (Å²) in [7, 11) is 1.97. The summed E-state index contributed by atoms with van der Waals surface area (Å²) in [6.45, 7) is 0.667. The number of nitrogens with two attached hydrogens (primary N) is 1. The van der Waals surface area contributed by atoms with Gasteiger partial charge in [0.1, 0.15) is 0 Å². The molecular weight excluding hydrogens is 172 g/mol. The fourth-order valence-corrected chi connectivity index (χ4v) is 1.99. The third-order valence-electron chi connectivity index (χ3n) is 2.97. The van der Waals surface area contributed by atoms with Gasteiger partial charge in [-0.15, -0.1) is 0 Å². The Balaban J connectivity index is 2.29. The summed E-state index contributed by atoms with van der Waals surface area (Å²) in [5, 5.41) is 3.27. The molecule has 0 aromatic heterocycles. The lowest BCUT2D eigenvalue weighted by atomic mass is 9.97. The minimum absolute atomic E-state index is 0.312. The predicted octanol–water partition coefficient (Wildman–Crippen LogP) is 1.78. The largest absolute Gasteiger partial charge is 0.329 e. The van der Waals surface area contributed by atoms with Crippen molar-refractivity contribution in [2.45, 2.75) is 24.8 Å². The van der Waals surface area contributed by atoms with Gasteiger partial charge in [0.25, 0.3) is 0 Å². The molecule has 0 aliphatic heterocycles. The van der Waals surface area contributed by atoms with Crippen molar-refractivity contribution in [1.29, 1.82) is 0 Å². The van der Waals surface area contributed by atoms with Gasteiger partial charge in [-0.05, 0) is 36.9 Å². The fourth-order valence-electron chi connectivity index (χ4n) is 1.99. The lowest BCUT2D eigenvalue weighted by Crippen LogP contribution is -2.25. The maximum atomic E-state index is 5.74. The first-order chi connectivity index (χ1) is 6.86. The zero-order valence-corrected chi connectivity index (χ0v) is 8.66. The average molecular weight is 190 g/mol. The summed E-state index contributed by atoms with van der Waals surface area (Å²) in [4.78, 5) is 0. The molecule has 3 N–H and O–H groups in total. The molecule has 1 aliphatic rings. The molecule has 1 unspecified atom stereocenters. The van der Waals surface area contributed by atoms with Crippen LogP contribution in [0.2, 0.25) is 0 Å². The Labute approximate surface area is 85.5 Å². The van der Waals surface area contributed by atoms with E-state index in [-0.39, 0.29) is 0 Å². The number of likely N-dealkylation sites (N-methyl/N-ethyl adjacent to an activating group) is 1. The van der Waals surface area contributed by atoms with Crippen LogP contribution in [-0.4, -0.2) is 13.6 Å². The van der Waals surface area contributed by atoms with Crippen LogP contribution in [0.1, 0.15) is 35.9 Å². The number of rotatable bonds is 4. The molecule has 2 nitrogen and oxygen atoms in total. The van der Waals surface area contributed by atoms with Crippen LogP contribution < -0.4 is 11.1 Å². The van der Waals surface area contributed by atoms with E-state index >= 15 is 0 Å². The summed E-state index contributed by atoms with van der Waals surface area (Å²) in [6, 6.07) is 8.97. The third-order valence-corrected chi connectivity index (χ3v) is 2.97. The second kappa shape index (κ2) is 4.11. The molecule has 1 saturated carbocycles. The highest BCUT2D eigenvalue weighted by molar-refractivity contribution is 5.35. The highest BCUT2D eigenvalue weighted by Gasteiger charge is 2.27. The van der Waals surface area contributed by atoms with Crippen molar-refractivity contribution in [2.75, 3.05) is 13.6 Å². The molecule has 1 fully saturated rings. The van der Waals surface area contributed by atoms with Gasteiger partial charge >= 0.3 is 0 Å². The van der Waals surface area contributed by atoms with Crippen LogP contribution in [0.5, 0.6) is 0 Å². The molecule has 0 saturated heterocycles. The Bertz CT molecular complexity index is 301. The molecule has 76 valence electrons. The first-order valence-electron chi connectivity index (χ1n) is 5.33. The molecule has 0 amide bonds. The first-order valence-corrected chi connectivity index (χ1v) is 5.33. The number of hydrogen-bond donors (Lipinski definition) is 2. The van der Waals surface area contributed by atoms with Crippen LogP contribution in [0.25, 0.3) is 0 Å². The van der Waals surface area contributed by atoms with Crippen molar-refractivity contribution in [2.24, 2.45) is 5.73 Å². The van der Waals surface area contributed by atoms with Crippen LogP contribution in [0.15, 0.2) is 24.3 Å². The van der Waals surface area contributed by atoms with Crippen LogP contribution >= 0.6 is 0 Å². The molecule has 0 radical (unpaired) electrons. The Morgan fingerprint density at radius 3 is 2.71 bits per heavy atom. The SMILES string of the molecule is CNC(CN)c1ccccc1C1CC1. The summed E-state index contributed by atoms with van der Waals surface area (Å²) < 4.78 is 0. The van der Waals surface area contributed by atoms with E-state index in [0.29, 0.717) is 12.6 Å². The maximum Gasteiger partial charge on any atom is 0.0444 e. The summed E-state index contributed by atoms with van der Waals surface area (Å²) in [6.07, 6.45) is 2.69. The van der Waals surface area contributed by atoms with Crippen LogP contribution in [0.3, 0.4) is 0 Å². The summed E-state index contributed by atoms with van der Waals surface area (Å²) >= 11 is 0. The van der Waals surface area contributed by atoms with Crippen molar-refractivity contribution < 1.29 is 0 Å². The number of nitrogens with one attached hydrogen (secondary N) is 1. The van der Waals surface area contributed by atoms with E-state index in [2.05, 4.69) is 29.6 Å². The smallest absolute Gasteiger partial charge is 0.0444 e. The first kappa shape index (κ1) is 9.69. The van der Waals surface area contributed by atoms with E-state index in [1.165, 1.54) is 24.0 Å². The second-order valence-corrected chi connectivity index (χ2v) is 3.98. The molecule has 0 bridgehead atoms. The monoisotopic (exact) mass is 190 g/mol. The quantitative estimate of drug-likeness (QED) is 0.759. The van der Waals surface area contributed by atoms with Crippen LogP contribution in [-0.2, 0) is 0 Å². The van der Waals surface area contributed by atoms with E-state index in [0.717, 1.165) is 5.92 Å². The van der Waals surface area contributed by atoms with Gasteiger partial charge in [0.15, 0.2) is 0 Å². The maximum absolute atomic E-state index is 5.74. The molecule has 1 aromatic rings. The highest BCUT2D eigenvalue weighted by Crippen LogP contribution is 2.42. The van der Waals surface area contributed by atoms with Crippen molar-refractivity contribution in [3.8, 4) is 0 Å². The van der Waals surface area contributed by atoms with E-state index < -0.39 is 0 Å². The second-order valence-electron chi connectivity index (χ2n) is 3.98. The van der Waals surface area contributed by atoms with Gasteiger partial charge in [0.05, 0.1) is 0 Å². The zero-order chi connectivity index (χ0) is 9.97. The molecule has 2 rings (SSSR count). The Morgan fingerprint density at radius 1 is 1.43 bits per heavy atom. The highest BCUT2D eigenvalue weighted by atomic mass is 14.9. The van der Waals surface area contributed by atoms with Gasteiger partial charge in [-0.2, -0.15) is 0 Å². The topological polar surface area (TPSA) is 38.0 Å². The van der Waals surface area contributed by atoms with Gasteiger partial charge in [-0.3, -0.25) is 0 Å². The Hall–Kier alpha value is -0.860. The van der Waals surface area contributed by atoms with E-state index in [1.807, 2.05) is 7.05 Å². The van der Waals surface area contributed by atoms with E-state index in [1.54, 1.807) is 0 Å². The number of hydrogen-bond acceptors (Lipinski definition) is 2. The molecule has 1 aromatic carbocycles. The van der Waals surface area contributed by atoms with Gasteiger partial charge in [0.2, 0.25) is 0 Å². The van der Waals surface area contributed by atoms with Gasteiger partial charge in [0, 0.05) is 12.6 Å². The lowest BCUT2D eigenvalue weighted by molar-refractivity contribution is 0.600. The lowest BCUT2D eigenvalue weighted by Gasteiger charge is -2.18. The normalized spacial score (nSPS) is 18.1. The molecule has 2 heteroatoms. The summed E-state index contributed by atoms with van der Waals surface area (Å²) in [5.41, 5.74) is 8.63. The predicted molar refractivity (Wildman–Crippen MR) is 59.3 cm³/mol. The van der Waals surface area contributed by atoms with Gasteiger partial charge in [-0.1, -0.05) is 24.3 Å². The minimum Gasteiger partial charge on any atom is -0.329 e. The standard InChI is InChI=1S/C12H18N2/c1-14-12(8-13)11-5-3-2-4-10(11)9-6-7-9/h2-5,9,12,14H,6-8,13H2,1H3.